The fourth-order valence-corrected chi connectivity index (χ4v) is 3.12. The zero-order valence-electron chi connectivity index (χ0n) is 14.1. The van der Waals surface area contributed by atoms with Crippen molar-refractivity contribution in [3.8, 4) is 0 Å². The second-order valence-electron chi connectivity index (χ2n) is 6.81. The van der Waals surface area contributed by atoms with E-state index in [9.17, 15) is 14.7 Å². The van der Waals surface area contributed by atoms with Crippen LogP contribution in [0.3, 0.4) is 0 Å². The molecule has 0 spiro atoms. The Balaban J connectivity index is 2.07. The average Bonchev–Trinajstić information content (AvgIpc) is 2.54. The largest absolute Gasteiger partial charge is 0.396 e. The molecule has 0 aromatic heterocycles. The van der Waals surface area contributed by atoms with Crippen molar-refractivity contribution in [2.75, 3.05) is 25.0 Å². The number of Topliss-reactive ketones (excluding diaryl/α,β-unsaturated/α-hetero) is 1. The smallest absolute Gasteiger partial charge is 0.241 e. The molecule has 2 N–H and O–H groups in total. The lowest BCUT2D eigenvalue weighted by atomic mass is 9.82. The van der Waals surface area contributed by atoms with Crippen LogP contribution in [0.5, 0.6) is 0 Å². The van der Waals surface area contributed by atoms with Crippen molar-refractivity contribution in [2.45, 2.75) is 39.7 Å². The molecular formula is C18H26N2O3. The normalized spacial score (nSPS) is 23.3. The van der Waals surface area contributed by atoms with Crippen LogP contribution in [0.25, 0.3) is 0 Å². The summed E-state index contributed by atoms with van der Waals surface area (Å²) in [4.78, 5) is 26.3. The van der Waals surface area contributed by atoms with Gasteiger partial charge in [0, 0.05) is 24.1 Å². The summed E-state index contributed by atoms with van der Waals surface area (Å²) >= 11 is 0. The maximum absolute atomic E-state index is 12.6. The van der Waals surface area contributed by atoms with Gasteiger partial charge in [-0.05, 0) is 45.4 Å². The van der Waals surface area contributed by atoms with Gasteiger partial charge in [0.1, 0.15) is 0 Å². The Kier molecular flexibility index (Phi) is 5.55. The molecule has 5 heteroatoms. The number of carbonyl (C=O) groups excluding carboxylic acids is 2. The molecule has 0 radical (unpaired) electrons. The maximum Gasteiger partial charge on any atom is 0.241 e. The molecule has 1 aliphatic heterocycles. The van der Waals surface area contributed by atoms with Gasteiger partial charge in [-0.3, -0.25) is 14.5 Å². The van der Waals surface area contributed by atoms with Crippen molar-refractivity contribution < 1.29 is 14.7 Å². The number of hydrogen-bond donors (Lipinski definition) is 2. The Morgan fingerprint density at radius 2 is 2.09 bits per heavy atom. The molecular weight excluding hydrogens is 292 g/mol. The second-order valence-corrected chi connectivity index (χ2v) is 6.81. The first-order valence-corrected chi connectivity index (χ1v) is 8.12. The number of nitrogens with one attached hydrogen (secondary N) is 1. The van der Waals surface area contributed by atoms with Gasteiger partial charge in [-0.15, -0.1) is 0 Å². The third-order valence-corrected chi connectivity index (χ3v) is 4.68. The van der Waals surface area contributed by atoms with Gasteiger partial charge >= 0.3 is 0 Å². The Morgan fingerprint density at radius 1 is 1.39 bits per heavy atom. The number of aliphatic hydroxyl groups is 1. The molecule has 1 heterocycles. The number of anilines is 1. The highest BCUT2D eigenvalue weighted by atomic mass is 16.3. The SMILES string of the molecule is CC(=O)c1ccccc1NC(=O)C(C)N1CCCC(C)(CO)C1. The van der Waals surface area contributed by atoms with Crippen LogP contribution in [0, 0.1) is 5.41 Å². The van der Waals surface area contributed by atoms with Crippen molar-refractivity contribution in [2.24, 2.45) is 5.41 Å². The van der Waals surface area contributed by atoms with E-state index in [1.807, 2.05) is 6.92 Å². The molecule has 126 valence electrons. The van der Waals surface area contributed by atoms with E-state index in [1.54, 1.807) is 24.3 Å². The zero-order chi connectivity index (χ0) is 17.0. The molecule has 5 nitrogen and oxygen atoms in total. The van der Waals surface area contributed by atoms with Crippen molar-refractivity contribution in [3.63, 3.8) is 0 Å². The van der Waals surface area contributed by atoms with E-state index < -0.39 is 0 Å². The molecule has 1 fully saturated rings. The van der Waals surface area contributed by atoms with Gasteiger partial charge in [-0.1, -0.05) is 19.1 Å². The first-order chi connectivity index (χ1) is 10.9. The monoisotopic (exact) mass is 318 g/mol. The summed E-state index contributed by atoms with van der Waals surface area (Å²) in [6.45, 7) is 7.09. The number of ketones is 1. The quantitative estimate of drug-likeness (QED) is 0.818. The molecule has 1 aromatic carbocycles. The lowest BCUT2D eigenvalue weighted by Gasteiger charge is -2.41. The molecule has 1 saturated heterocycles. The molecule has 2 rings (SSSR count). The first kappa shape index (κ1) is 17.6. The van der Waals surface area contributed by atoms with Gasteiger partial charge in [0.2, 0.25) is 5.91 Å². The minimum Gasteiger partial charge on any atom is -0.396 e. The van der Waals surface area contributed by atoms with Crippen LogP contribution in [0.4, 0.5) is 5.69 Å². The minimum absolute atomic E-state index is 0.0700. The summed E-state index contributed by atoms with van der Waals surface area (Å²) in [5, 5.41) is 12.4. The standard InChI is InChI=1S/C18H26N2O3/c1-13(20-10-6-9-18(3,11-20)12-21)17(23)19-16-8-5-4-7-15(16)14(2)22/h4-5,7-8,13,21H,6,9-12H2,1-3H3,(H,19,23). The summed E-state index contributed by atoms with van der Waals surface area (Å²) in [7, 11) is 0. The van der Waals surface area contributed by atoms with Crippen LogP contribution in [0.15, 0.2) is 24.3 Å². The van der Waals surface area contributed by atoms with E-state index in [1.165, 1.54) is 6.92 Å². The highest BCUT2D eigenvalue weighted by Gasteiger charge is 2.34. The van der Waals surface area contributed by atoms with E-state index in [0.717, 1.165) is 19.4 Å². The summed E-state index contributed by atoms with van der Waals surface area (Å²) < 4.78 is 0. The molecule has 0 saturated carbocycles. The predicted octanol–water partition coefficient (Wildman–Crippen LogP) is 2.31. The molecule has 1 aliphatic rings. The Labute approximate surface area is 137 Å². The van der Waals surface area contributed by atoms with E-state index in [4.69, 9.17) is 0 Å². The van der Waals surface area contributed by atoms with Gasteiger partial charge in [-0.25, -0.2) is 0 Å². The minimum atomic E-state index is -0.304. The number of carbonyl (C=O) groups is 2. The summed E-state index contributed by atoms with van der Waals surface area (Å²) in [5.41, 5.74) is 0.926. The number of amides is 1. The average molecular weight is 318 g/mol. The number of aliphatic hydroxyl groups excluding tert-OH is 1. The van der Waals surface area contributed by atoms with Gasteiger partial charge in [0.05, 0.1) is 11.7 Å². The highest BCUT2D eigenvalue weighted by Crippen LogP contribution is 2.30. The highest BCUT2D eigenvalue weighted by molar-refractivity contribution is 6.04. The van der Waals surface area contributed by atoms with Crippen molar-refractivity contribution in [1.29, 1.82) is 0 Å². The Hall–Kier alpha value is -1.72. The van der Waals surface area contributed by atoms with Crippen LogP contribution < -0.4 is 5.32 Å². The van der Waals surface area contributed by atoms with Gasteiger partial charge in [-0.2, -0.15) is 0 Å². The predicted molar refractivity (Wildman–Crippen MR) is 90.5 cm³/mol. The lowest BCUT2D eigenvalue weighted by Crippen LogP contribution is -2.51. The second kappa shape index (κ2) is 7.23. The number of hydrogen-bond acceptors (Lipinski definition) is 4. The number of nitrogens with zero attached hydrogens (tertiary/aromatic N) is 1. The summed E-state index contributed by atoms with van der Waals surface area (Å²) in [5.74, 6) is -0.194. The topological polar surface area (TPSA) is 69.6 Å². The van der Waals surface area contributed by atoms with Crippen LogP contribution in [0.1, 0.15) is 44.0 Å². The number of piperidine rings is 1. The lowest BCUT2D eigenvalue weighted by molar-refractivity contribution is -0.122. The van der Waals surface area contributed by atoms with Gasteiger partial charge in [0.15, 0.2) is 5.78 Å². The molecule has 23 heavy (non-hydrogen) atoms. The third-order valence-electron chi connectivity index (χ3n) is 4.68. The number of likely N-dealkylation sites (tertiary alicyclic amines) is 1. The maximum atomic E-state index is 12.6. The zero-order valence-corrected chi connectivity index (χ0v) is 14.1. The fraction of sp³-hybridized carbons (Fsp3) is 0.556. The van der Waals surface area contributed by atoms with Crippen LogP contribution in [-0.4, -0.2) is 47.4 Å². The first-order valence-electron chi connectivity index (χ1n) is 8.12. The Bertz CT molecular complexity index is 587. The van der Waals surface area contributed by atoms with Gasteiger partial charge < -0.3 is 10.4 Å². The number of rotatable bonds is 5. The molecule has 2 unspecified atom stereocenters. The molecule has 0 bridgehead atoms. The van der Waals surface area contributed by atoms with E-state index in [-0.39, 0.29) is 29.8 Å². The molecule has 2 atom stereocenters. The molecule has 0 aliphatic carbocycles. The number of para-hydroxylation sites is 1. The van der Waals surface area contributed by atoms with E-state index >= 15 is 0 Å². The van der Waals surface area contributed by atoms with Crippen LogP contribution in [-0.2, 0) is 4.79 Å². The fourth-order valence-electron chi connectivity index (χ4n) is 3.12. The van der Waals surface area contributed by atoms with Crippen LogP contribution >= 0.6 is 0 Å². The molecule has 1 aromatic rings. The van der Waals surface area contributed by atoms with Crippen molar-refractivity contribution in [3.05, 3.63) is 29.8 Å². The summed E-state index contributed by atoms with van der Waals surface area (Å²) in [6.07, 6.45) is 1.94. The summed E-state index contributed by atoms with van der Waals surface area (Å²) in [6, 6.07) is 6.74. The number of benzene rings is 1. The van der Waals surface area contributed by atoms with Crippen molar-refractivity contribution in [1.82, 2.24) is 4.90 Å². The third kappa shape index (κ3) is 4.18. The van der Waals surface area contributed by atoms with Gasteiger partial charge in [0.25, 0.3) is 0 Å². The van der Waals surface area contributed by atoms with Crippen molar-refractivity contribution >= 4 is 17.4 Å². The van der Waals surface area contributed by atoms with E-state index in [0.29, 0.717) is 17.8 Å². The Morgan fingerprint density at radius 3 is 2.74 bits per heavy atom. The van der Waals surface area contributed by atoms with E-state index in [2.05, 4.69) is 17.1 Å². The van der Waals surface area contributed by atoms with Crippen LogP contribution in [0.2, 0.25) is 0 Å². The molecule has 1 amide bonds.